The first kappa shape index (κ1) is 15.9. The molecule has 1 rings (SSSR count). The Morgan fingerprint density at radius 1 is 1.45 bits per heavy atom. The molecule has 0 unspecified atom stereocenters. The summed E-state index contributed by atoms with van der Waals surface area (Å²) in [5.41, 5.74) is -1.87. The Bertz CT molecular complexity index is 503. The molecule has 0 spiro atoms. The minimum Gasteiger partial charge on any atom is -0.506 e. The van der Waals surface area contributed by atoms with E-state index in [1.165, 1.54) is 0 Å². The van der Waals surface area contributed by atoms with E-state index in [2.05, 4.69) is 14.5 Å². The molecular weight excluding hydrogens is 293 g/mol. The monoisotopic (exact) mass is 301 g/mol. The number of carbonyl (C=O) groups is 1. The molecule has 112 valence electrons. The van der Waals surface area contributed by atoms with Gasteiger partial charge in [0.25, 0.3) is 6.43 Å². The van der Waals surface area contributed by atoms with Gasteiger partial charge in [0.1, 0.15) is 11.4 Å². The molecule has 0 saturated carbocycles. The van der Waals surface area contributed by atoms with Crippen LogP contribution in [0.5, 0.6) is 11.5 Å². The van der Waals surface area contributed by atoms with Gasteiger partial charge in [0.2, 0.25) is 0 Å². The van der Waals surface area contributed by atoms with Crippen molar-refractivity contribution in [3.63, 3.8) is 0 Å². The molecule has 0 aliphatic heterocycles. The van der Waals surface area contributed by atoms with E-state index in [0.29, 0.717) is 6.07 Å². The third kappa shape index (κ3) is 4.21. The van der Waals surface area contributed by atoms with Crippen LogP contribution in [0.4, 0.5) is 22.0 Å². The molecule has 0 aliphatic rings. The van der Waals surface area contributed by atoms with Crippen molar-refractivity contribution < 1.29 is 41.3 Å². The minimum absolute atomic E-state index is 0.320. The molecule has 10 heteroatoms. The molecule has 0 atom stereocenters. The largest absolute Gasteiger partial charge is 0.573 e. The summed E-state index contributed by atoms with van der Waals surface area (Å²) in [5.74, 6) is -3.13. The predicted molar refractivity (Wildman–Crippen MR) is 53.3 cm³/mol. The molecule has 5 nitrogen and oxygen atoms in total. The average molecular weight is 301 g/mol. The first-order valence-corrected chi connectivity index (χ1v) is 4.97. The van der Waals surface area contributed by atoms with Gasteiger partial charge in [-0.2, -0.15) is 0 Å². The third-order valence-corrected chi connectivity index (χ3v) is 2.04. The molecule has 1 aromatic rings. The van der Waals surface area contributed by atoms with Crippen LogP contribution in [0.25, 0.3) is 0 Å². The SMILES string of the molecule is COC(=O)Cc1nc(C(F)F)c(OC(F)(F)F)cc1O. The quantitative estimate of drug-likeness (QED) is 0.683. The molecule has 1 N–H and O–H groups in total. The molecule has 0 fully saturated rings. The molecule has 20 heavy (non-hydrogen) atoms. The number of ether oxygens (including phenoxy) is 2. The molecule has 0 amide bonds. The zero-order valence-corrected chi connectivity index (χ0v) is 9.87. The highest BCUT2D eigenvalue weighted by molar-refractivity contribution is 5.72. The lowest BCUT2D eigenvalue weighted by molar-refractivity contribution is -0.275. The summed E-state index contributed by atoms with van der Waals surface area (Å²) in [6, 6.07) is 0.320. The lowest BCUT2D eigenvalue weighted by Gasteiger charge is -2.14. The number of esters is 1. The van der Waals surface area contributed by atoms with Crippen molar-refractivity contribution in [1.29, 1.82) is 0 Å². The summed E-state index contributed by atoms with van der Waals surface area (Å²) in [6.45, 7) is 0. The Kier molecular flexibility index (Phi) is 4.69. The summed E-state index contributed by atoms with van der Waals surface area (Å²) >= 11 is 0. The van der Waals surface area contributed by atoms with E-state index in [1.54, 1.807) is 0 Å². The fourth-order valence-electron chi connectivity index (χ4n) is 1.24. The molecule has 0 saturated heterocycles. The summed E-state index contributed by atoms with van der Waals surface area (Å²) in [7, 11) is 1.01. The van der Waals surface area contributed by atoms with Gasteiger partial charge in [-0.15, -0.1) is 13.2 Å². The van der Waals surface area contributed by atoms with E-state index in [9.17, 15) is 31.9 Å². The van der Waals surface area contributed by atoms with Gasteiger partial charge in [-0.25, -0.2) is 13.8 Å². The van der Waals surface area contributed by atoms with E-state index < -0.39 is 48.1 Å². The van der Waals surface area contributed by atoms with Crippen molar-refractivity contribution in [2.24, 2.45) is 0 Å². The summed E-state index contributed by atoms with van der Waals surface area (Å²) in [5, 5.41) is 9.38. The lowest BCUT2D eigenvalue weighted by Crippen LogP contribution is -2.19. The van der Waals surface area contributed by atoms with Crippen LogP contribution < -0.4 is 4.74 Å². The van der Waals surface area contributed by atoms with E-state index in [1.807, 2.05) is 0 Å². The zero-order chi connectivity index (χ0) is 15.5. The lowest BCUT2D eigenvalue weighted by atomic mass is 10.2. The van der Waals surface area contributed by atoms with Crippen LogP contribution in [0.15, 0.2) is 6.07 Å². The van der Waals surface area contributed by atoms with E-state index >= 15 is 0 Å². The van der Waals surface area contributed by atoms with Gasteiger partial charge in [0.15, 0.2) is 5.75 Å². The van der Waals surface area contributed by atoms with Gasteiger partial charge >= 0.3 is 12.3 Å². The number of carbonyl (C=O) groups excluding carboxylic acids is 1. The first-order chi connectivity index (χ1) is 9.14. The van der Waals surface area contributed by atoms with Crippen LogP contribution in [0, 0.1) is 0 Å². The molecular formula is C10H8F5NO4. The maximum absolute atomic E-state index is 12.6. The maximum Gasteiger partial charge on any atom is 0.573 e. The number of hydrogen-bond acceptors (Lipinski definition) is 5. The second-order valence-corrected chi connectivity index (χ2v) is 3.44. The predicted octanol–water partition coefficient (Wildman–Crippen LogP) is 2.34. The summed E-state index contributed by atoms with van der Waals surface area (Å²) < 4.78 is 68.9. The molecule has 0 aliphatic carbocycles. The van der Waals surface area contributed by atoms with Gasteiger partial charge in [-0.05, 0) is 0 Å². The van der Waals surface area contributed by atoms with Crippen molar-refractivity contribution in [3.8, 4) is 11.5 Å². The number of pyridine rings is 1. The fourth-order valence-corrected chi connectivity index (χ4v) is 1.24. The average Bonchev–Trinajstić information content (AvgIpc) is 2.29. The van der Waals surface area contributed by atoms with Crippen LogP contribution in [-0.4, -0.2) is 29.5 Å². The van der Waals surface area contributed by atoms with Gasteiger partial charge in [-0.1, -0.05) is 0 Å². The second kappa shape index (κ2) is 5.88. The highest BCUT2D eigenvalue weighted by Gasteiger charge is 2.34. The standard InChI is InChI=1S/C10H8F5NO4/c1-19-7(18)2-4-5(17)3-6(20-10(13,14)15)8(16-4)9(11)12/h3,9,17H,2H2,1H3. The Labute approximate surface area is 108 Å². The number of nitrogens with zero attached hydrogens (tertiary/aromatic N) is 1. The van der Waals surface area contributed by atoms with Gasteiger partial charge in [0.05, 0.1) is 19.2 Å². The highest BCUT2D eigenvalue weighted by atomic mass is 19.4. The van der Waals surface area contributed by atoms with Crippen LogP contribution in [-0.2, 0) is 16.0 Å². The minimum atomic E-state index is -5.22. The third-order valence-electron chi connectivity index (χ3n) is 2.04. The van der Waals surface area contributed by atoms with Gasteiger partial charge in [-0.3, -0.25) is 4.79 Å². The number of aromatic hydroxyl groups is 1. The molecule has 0 aromatic carbocycles. The Morgan fingerprint density at radius 3 is 2.50 bits per heavy atom. The topological polar surface area (TPSA) is 68.7 Å². The highest BCUT2D eigenvalue weighted by Crippen LogP contribution is 2.35. The van der Waals surface area contributed by atoms with Crippen LogP contribution in [0.2, 0.25) is 0 Å². The van der Waals surface area contributed by atoms with Crippen LogP contribution in [0.1, 0.15) is 17.8 Å². The van der Waals surface area contributed by atoms with E-state index in [-0.39, 0.29) is 0 Å². The number of hydrogen-bond donors (Lipinski definition) is 1. The number of alkyl halides is 5. The number of aromatic nitrogens is 1. The van der Waals surface area contributed by atoms with Crippen molar-refractivity contribution in [1.82, 2.24) is 4.98 Å². The van der Waals surface area contributed by atoms with Crippen molar-refractivity contribution in [2.45, 2.75) is 19.2 Å². The molecule has 0 radical (unpaired) electrons. The number of halogens is 5. The number of rotatable bonds is 4. The van der Waals surface area contributed by atoms with E-state index in [0.717, 1.165) is 7.11 Å². The Balaban J connectivity index is 3.21. The zero-order valence-electron chi connectivity index (χ0n) is 9.87. The van der Waals surface area contributed by atoms with Gasteiger partial charge < -0.3 is 14.6 Å². The molecule has 1 heterocycles. The maximum atomic E-state index is 12.6. The van der Waals surface area contributed by atoms with Gasteiger partial charge in [0, 0.05) is 6.07 Å². The Hall–Kier alpha value is -2.13. The van der Waals surface area contributed by atoms with Crippen molar-refractivity contribution in [3.05, 3.63) is 17.5 Å². The summed E-state index contributed by atoms with van der Waals surface area (Å²) in [6.07, 6.45) is -9.28. The van der Waals surface area contributed by atoms with Crippen molar-refractivity contribution in [2.75, 3.05) is 7.11 Å². The molecule has 1 aromatic heterocycles. The fraction of sp³-hybridized carbons (Fsp3) is 0.400. The number of methoxy groups -OCH3 is 1. The smallest absolute Gasteiger partial charge is 0.506 e. The van der Waals surface area contributed by atoms with Crippen molar-refractivity contribution >= 4 is 5.97 Å². The van der Waals surface area contributed by atoms with E-state index in [4.69, 9.17) is 0 Å². The normalized spacial score (nSPS) is 11.6. The Morgan fingerprint density at radius 2 is 2.05 bits per heavy atom. The summed E-state index contributed by atoms with van der Waals surface area (Å²) in [4.78, 5) is 14.1. The second-order valence-electron chi connectivity index (χ2n) is 3.44. The first-order valence-electron chi connectivity index (χ1n) is 4.97. The van der Waals surface area contributed by atoms with Crippen LogP contribution in [0.3, 0.4) is 0 Å². The molecule has 0 bridgehead atoms. The van der Waals surface area contributed by atoms with Crippen LogP contribution >= 0.6 is 0 Å².